The molecule has 0 radical (unpaired) electrons. The highest BCUT2D eigenvalue weighted by molar-refractivity contribution is 7.18. The number of rotatable bonds is 4. The van der Waals surface area contributed by atoms with Gasteiger partial charge in [0.15, 0.2) is 0 Å². The predicted molar refractivity (Wildman–Crippen MR) is 89.7 cm³/mol. The van der Waals surface area contributed by atoms with Crippen molar-refractivity contribution in [2.45, 2.75) is 31.1 Å². The van der Waals surface area contributed by atoms with Crippen LogP contribution < -0.4 is 5.73 Å². The Balaban J connectivity index is 1.40. The molecule has 0 aliphatic heterocycles. The molecule has 1 aromatic heterocycles. The monoisotopic (exact) mass is 310 g/mol. The summed E-state index contributed by atoms with van der Waals surface area (Å²) in [6.45, 7) is 0.654. The van der Waals surface area contributed by atoms with E-state index in [4.69, 9.17) is 15.5 Å². The molecule has 1 saturated carbocycles. The summed E-state index contributed by atoms with van der Waals surface area (Å²) in [6.07, 6.45) is 1.93. The summed E-state index contributed by atoms with van der Waals surface area (Å²) < 4.78 is 7.16. The topological polar surface area (TPSA) is 48.1 Å². The number of benzene rings is 2. The van der Waals surface area contributed by atoms with Crippen LogP contribution in [-0.2, 0) is 16.9 Å². The van der Waals surface area contributed by atoms with Crippen molar-refractivity contribution in [3.63, 3.8) is 0 Å². The first kappa shape index (κ1) is 13.9. The fourth-order valence-corrected chi connectivity index (χ4v) is 4.01. The summed E-state index contributed by atoms with van der Waals surface area (Å²) in [6, 6.07) is 18.5. The first-order chi connectivity index (χ1) is 10.7. The standard InChI is InChI=1S/C18H18N2OS/c19-18(17-20-15-8-4-5-9-16(15)22-17)10-14(11-18)21-12-13-6-2-1-3-7-13/h1-9,14H,10-12,19H2. The third kappa shape index (κ3) is 2.54. The van der Waals surface area contributed by atoms with Gasteiger partial charge in [0.2, 0.25) is 0 Å². The first-order valence-corrected chi connectivity index (χ1v) is 8.35. The van der Waals surface area contributed by atoms with E-state index in [1.54, 1.807) is 11.3 Å². The summed E-state index contributed by atoms with van der Waals surface area (Å²) in [5, 5.41) is 1.04. The van der Waals surface area contributed by atoms with E-state index in [1.165, 1.54) is 10.3 Å². The van der Waals surface area contributed by atoms with Gasteiger partial charge < -0.3 is 10.5 Å². The molecule has 1 aliphatic carbocycles. The minimum absolute atomic E-state index is 0.234. The molecule has 22 heavy (non-hydrogen) atoms. The van der Waals surface area contributed by atoms with Crippen LogP contribution in [0.2, 0.25) is 0 Å². The van der Waals surface area contributed by atoms with Gasteiger partial charge in [-0.2, -0.15) is 0 Å². The Bertz CT molecular complexity index is 745. The van der Waals surface area contributed by atoms with Gasteiger partial charge in [0.25, 0.3) is 0 Å². The van der Waals surface area contributed by atoms with Gasteiger partial charge in [0, 0.05) is 0 Å². The lowest BCUT2D eigenvalue weighted by atomic mass is 9.75. The fourth-order valence-electron chi connectivity index (χ4n) is 2.92. The highest BCUT2D eigenvalue weighted by Gasteiger charge is 2.45. The lowest BCUT2D eigenvalue weighted by Crippen LogP contribution is -2.52. The molecule has 3 aromatic rings. The molecule has 0 amide bonds. The Hall–Kier alpha value is -1.75. The van der Waals surface area contributed by atoms with Crippen LogP contribution in [0.5, 0.6) is 0 Å². The Morgan fingerprint density at radius 3 is 2.59 bits per heavy atom. The van der Waals surface area contributed by atoms with Gasteiger partial charge in [-0.1, -0.05) is 42.5 Å². The molecule has 0 saturated heterocycles. The molecule has 1 heterocycles. The minimum atomic E-state index is -0.314. The van der Waals surface area contributed by atoms with Gasteiger partial charge >= 0.3 is 0 Å². The zero-order chi connectivity index (χ0) is 15.0. The van der Waals surface area contributed by atoms with Crippen molar-refractivity contribution in [2.75, 3.05) is 0 Å². The van der Waals surface area contributed by atoms with E-state index in [2.05, 4.69) is 18.2 Å². The van der Waals surface area contributed by atoms with E-state index in [-0.39, 0.29) is 11.6 Å². The van der Waals surface area contributed by atoms with Crippen molar-refractivity contribution in [3.05, 3.63) is 65.2 Å². The summed E-state index contributed by atoms with van der Waals surface area (Å²) in [5.41, 5.74) is 8.45. The summed E-state index contributed by atoms with van der Waals surface area (Å²) in [7, 11) is 0. The van der Waals surface area contributed by atoms with Crippen LogP contribution in [0.15, 0.2) is 54.6 Å². The van der Waals surface area contributed by atoms with E-state index in [1.807, 2.05) is 36.4 Å². The van der Waals surface area contributed by atoms with Gasteiger partial charge in [-0.15, -0.1) is 11.3 Å². The van der Waals surface area contributed by atoms with Crippen molar-refractivity contribution in [3.8, 4) is 0 Å². The van der Waals surface area contributed by atoms with Crippen LogP contribution in [0.4, 0.5) is 0 Å². The third-order valence-corrected chi connectivity index (χ3v) is 5.49. The zero-order valence-electron chi connectivity index (χ0n) is 12.2. The molecular formula is C18H18N2OS. The number of aromatic nitrogens is 1. The molecule has 4 rings (SSSR count). The number of fused-ring (bicyclic) bond motifs is 1. The zero-order valence-corrected chi connectivity index (χ0v) is 13.1. The molecule has 1 fully saturated rings. The van der Waals surface area contributed by atoms with Gasteiger partial charge in [-0.05, 0) is 30.5 Å². The quantitative estimate of drug-likeness (QED) is 0.796. The molecule has 1 aliphatic rings. The van der Waals surface area contributed by atoms with E-state index >= 15 is 0 Å². The molecule has 2 N–H and O–H groups in total. The van der Waals surface area contributed by atoms with Crippen molar-refractivity contribution in [2.24, 2.45) is 5.73 Å². The summed E-state index contributed by atoms with van der Waals surface area (Å²) in [4.78, 5) is 4.70. The number of nitrogens with two attached hydrogens (primary N) is 1. The Morgan fingerprint density at radius 2 is 1.82 bits per heavy atom. The van der Waals surface area contributed by atoms with E-state index < -0.39 is 0 Å². The largest absolute Gasteiger partial charge is 0.373 e. The van der Waals surface area contributed by atoms with Crippen LogP contribution in [0.1, 0.15) is 23.4 Å². The molecular weight excluding hydrogens is 292 g/mol. The van der Waals surface area contributed by atoms with Crippen molar-refractivity contribution < 1.29 is 4.74 Å². The average Bonchev–Trinajstić information content (AvgIpc) is 2.96. The maximum absolute atomic E-state index is 6.52. The summed E-state index contributed by atoms with van der Waals surface area (Å²) >= 11 is 1.70. The van der Waals surface area contributed by atoms with Crippen LogP contribution in [-0.4, -0.2) is 11.1 Å². The van der Waals surface area contributed by atoms with Gasteiger partial charge in [0.05, 0.1) is 28.5 Å². The third-order valence-electron chi connectivity index (χ3n) is 4.23. The number of thiazole rings is 1. The molecule has 112 valence electrons. The molecule has 4 heteroatoms. The maximum Gasteiger partial charge on any atom is 0.114 e. The van der Waals surface area contributed by atoms with Crippen LogP contribution in [0.3, 0.4) is 0 Å². The predicted octanol–water partition coefficient (Wildman–Crippen LogP) is 3.83. The van der Waals surface area contributed by atoms with Crippen LogP contribution >= 0.6 is 11.3 Å². The second-order valence-electron chi connectivity index (χ2n) is 5.97. The Kier molecular flexibility index (Phi) is 3.45. The molecule has 0 atom stereocenters. The van der Waals surface area contributed by atoms with Gasteiger partial charge in [-0.3, -0.25) is 0 Å². The highest BCUT2D eigenvalue weighted by atomic mass is 32.1. The van der Waals surface area contributed by atoms with Crippen LogP contribution in [0.25, 0.3) is 10.2 Å². The minimum Gasteiger partial charge on any atom is -0.373 e. The number of hydrogen-bond acceptors (Lipinski definition) is 4. The van der Waals surface area contributed by atoms with Gasteiger partial charge in [0.1, 0.15) is 5.01 Å². The number of para-hydroxylation sites is 1. The fraction of sp³-hybridized carbons (Fsp3) is 0.278. The second-order valence-corrected chi connectivity index (χ2v) is 7.00. The second kappa shape index (κ2) is 5.47. The molecule has 0 spiro atoms. The van der Waals surface area contributed by atoms with E-state index in [0.717, 1.165) is 23.4 Å². The summed E-state index contributed by atoms with van der Waals surface area (Å²) in [5.74, 6) is 0. The highest BCUT2D eigenvalue weighted by Crippen LogP contribution is 2.43. The SMILES string of the molecule is NC1(c2nc3ccccc3s2)CC(OCc2ccccc2)C1. The number of ether oxygens (including phenoxy) is 1. The molecule has 2 aromatic carbocycles. The Morgan fingerprint density at radius 1 is 1.09 bits per heavy atom. The lowest BCUT2D eigenvalue weighted by Gasteiger charge is -2.43. The number of nitrogens with zero attached hydrogens (tertiary/aromatic N) is 1. The lowest BCUT2D eigenvalue weighted by molar-refractivity contribution is -0.0537. The van der Waals surface area contributed by atoms with E-state index in [9.17, 15) is 0 Å². The molecule has 0 bridgehead atoms. The Labute approximate surface area is 133 Å². The molecule has 3 nitrogen and oxygen atoms in total. The van der Waals surface area contributed by atoms with Crippen molar-refractivity contribution in [1.82, 2.24) is 4.98 Å². The smallest absolute Gasteiger partial charge is 0.114 e. The van der Waals surface area contributed by atoms with Gasteiger partial charge in [-0.25, -0.2) is 4.98 Å². The first-order valence-electron chi connectivity index (χ1n) is 7.53. The number of hydrogen-bond donors (Lipinski definition) is 1. The molecule has 0 unspecified atom stereocenters. The van der Waals surface area contributed by atoms with Crippen LogP contribution in [0, 0.1) is 0 Å². The normalized spacial score (nSPS) is 24.3. The van der Waals surface area contributed by atoms with Crippen molar-refractivity contribution >= 4 is 21.6 Å². The van der Waals surface area contributed by atoms with Crippen molar-refractivity contribution in [1.29, 1.82) is 0 Å². The van der Waals surface area contributed by atoms with E-state index in [0.29, 0.717) is 6.61 Å². The average molecular weight is 310 g/mol. The maximum atomic E-state index is 6.52.